The van der Waals surface area contributed by atoms with Crippen LogP contribution in [0.25, 0.3) is 33.5 Å². The van der Waals surface area contributed by atoms with Crippen molar-refractivity contribution in [3.8, 4) is 28.3 Å². The van der Waals surface area contributed by atoms with Crippen LogP contribution < -0.4 is 16.6 Å². The first kappa shape index (κ1) is 33.1. The fraction of sp³-hybridized carbons (Fsp3) is 0.231. The van der Waals surface area contributed by atoms with Gasteiger partial charge in [0.1, 0.15) is 11.4 Å². The number of aromatic hydroxyl groups is 1. The maximum Gasteiger partial charge on any atom is 0.326 e. The first-order valence-corrected chi connectivity index (χ1v) is 17.4. The molecular weight excluding hydrogens is 649 g/mol. The molecule has 0 saturated carbocycles. The third-order valence-corrected chi connectivity index (χ3v) is 9.47. The van der Waals surface area contributed by atoms with Gasteiger partial charge in [0.2, 0.25) is 5.91 Å². The van der Waals surface area contributed by atoms with Gasteiger partial charge < -0.3 is 20.4 Å². The number of carbonyl (C=O) groups excluding carboxylic acids is 1. The zero-order valence-electron chi connectivity index (χ0n) is 27.4. The number of nitrogens with zero attached hydrogens (tertiary/aromatic N) is 3. The molecule has 10 nitrogen and oxygen atoms in total. The molecule has 50 heavy (non-hydrogen) atoms. The van der Waals surface area contributed by atoms with Crippen molar-refractivity contribution in [1.29, 1.82) is 0 Å². The molecule has 3 heterocycles. The third-order valence-electron chi connectivity index (χ3n) is 9.25. The Balaban J connectivity index is 1.07. The fourth-order valence-corrected chi connectivity index (χ4v) is 6.89. The van der Waals surface area contributed by atoms with Crippen LogP contribution >= 0.6 is 12.6 Å². The maximum absolute atomic E-state index is 13.2. The molecule has 0 unspecified atom stereocenters. The number of fused-ring (bicyclic) bond motifs is 1. The van der Waals surface area contributed by atoms with Crippen LogP contribution in [0.3, 0.4) is 0 Å². The molecule has 1 aliphatic rings. The smallest absolute Gasteiger partial charge is 0.326 e. The number of aromatic amines is 2. The number of hydrogen-bond acceptors (Lipinski definition) is 7. The molecular formula is C39H38N6O4S. The zero-order chi connectivity index (χ0) is 34.6. The number of benzene rings is 4. The van der Waals surface area contributed by atoms with Crippen molar-refractivity contribution in [2.75, 3.05) is 24.2 Å². The predicted molar refractivity (Wildman–Crippen MR) is 200 cm³/mol. The average molecular weight is 687 g/mol. The van der Waals surface area contributed by atoms with Gasteiger partial charge in [0, 0.05) is 55.3 Å². The van der Waals surface area contributed by atoms with E-state index in [9.17, 15) is 19.5 Å². The normalized spacial score (nSPS) is 13.9. The number of thiol groups is 1. The quantitative estimate of drug-likeness (QED) is 0.110. The summed E-state index contributed by atoms with van der Waals surface area (Å²) in [6.45, 7) is 2.45. The lowest BCUT2D eigenvalue weighted by Gasteiger charge is -2.32. The Morgan fingerprint density at radius 2 is 1.60 bits per heavy atom. The summed E-state index contributed by atoms with van der Waals surface area (Å²) in [7, 11) is 0. The van der Waals surface area contributed by atoms with E-state index in [2.05, 4.69) is 57.1 Å². The Morgan fingerprint density at radius 1 is 0.880 bits per heavy atom. The van der Waals surface area contributed by atoms with Crippen molar-refractivity contribution in [3.63, 3.8) is 0 Å². The molecule has 0 radical (unpaired) electrons. The molecule has 4 aromatic carbocycles. The van der Waals surface area contributed by atoms with E-state index in [4.69, 9.17) is 4.98 Å². The van der Waals surface area contributed by atoms with Crippen LogP contribution in [0.1, 0.15) is 42.1 Å². The molecule has 1 saturated heterocycles. The highest BCUT2D eigenvalue weighted by Crippen LogP contribution is 2.30. The standard InChI is InChI=1S/C39H38N6O4S/c46-31-13-8-25(9-14-31)22-33-38(48)43-37(27-4-2-1-3-5-27)36(41-33)28-10-6-26(7-11-28)24-44-19-16-30(17-20-44)45-34-23-29(40-35(47)18-21-50)12-15-32(34)42-39(45)49/h1-15,23,30,46,50H,16-22,24H2,(H,40,47)(H,42,49)(H,43,48). The van der Waals surface area contributed by atoms with Crippen LogP contribution in [0, 0.1) is 0 Å². The largest absolute Gasteiger partial charge is 0.508 e. The molecule has 4 N–H and O–H groups in total. The van der Waals surface area contributed by atoms with Gasteiger partial charge in [0.15, 0.2) is 0 Å². The number of phenolic OH excluding ortho intramolecular Hbond substituents is 1. The number of nitrogens with one attached hydrogen (secondary N) is 3. The molecule has 11 heteroatoms. The second kappa shape index (κ2) is 14.6. The molecule has 1 aliphatic heterocycles. The molecule has 0 aliphatic carbocycles. The van der Waals surface area contributed by atoms with E-state index in [-0.39, 0.29) is 28.9 Å². The van der Waals surface area contributed by atoms with Gasteiger partial charge in [-0.2, -0.15) is 12.6 Å². The Labute approximate surface area is 294 Å². The van der Waals surface area contributed by atoms with E-state index in [1.807, 2.05) is 47.0 Å². The van der Waals surface area contributed by atoms with Crippen LogP contribution in [0.5, 0.6) is 5.75 Å². The number of likely N-dealkylation sites (tertiary alicyclic amines) is 1. The van der Waals surface area contributed by atoms with Crippen LogP contribution in [-0.4, -0.2) is 54.3 Å². The van der Waals surface area contributed by atoms with Crippen LogP contribution in [0.4, 0.5) is 5.69 Å². The number of imidazole rings is 1. The third kappa shape index (κ3) is 7.29. The van der Waals surface area contributed by atoms with Gasteiger partial charge in [-0.15, -0.1) is 0 Å². The average Bonchev–Trinajstić information content (AvgIpc) is 3.46. The van der Waals surface area contributed by atoms with Crippen molar-refractivity contribution >= 4 is 35.3 Å². The number of piperidine rings is 1. The number of rotatable bonds is 10. The van der Waals surface area contributed by atoms with E-state index >= 15 is 0 Å². The van der Waals surface area contributed by atoms with Crippen molar-refractivity contribution in [2.45, 2.75) is 38.3 Å². The molecule has 7 rings (SSSR count). The van der Waals surface area contributed by atoms with Crippen LogP contribution in [0.2, 0.25) is 0 Å². The Morgan fingerprint density at radius 3 is 2.32 bits per heavy atom. The summed E-state index contributed by atoms with van der Waals surface area (Å²) in [4.78, 5) is 51.7. The van der Waals surface area contributed by atoms with Crippen molar-refractivity contribution in [3.05, 3.63) is 135 Å². The van der Waals surface area contributed by atoms with Crippen LogP contribution in [0.15, 0.2) is 107 Å². The lowest BCUT2D eigenvalue weighted by molar-refractivity contribution is -0.115. The minimum absolute atomic E-state index is 0.0526. The molecule has 0 atom stereocenters. The number of amides is 1. The first-order valence-electron chi connectivity index (χ1n) is 16.8. The van der Waals surface area contributed by atoms with Gasteiger partial charge in [0.05, 0.1) is 22.4 Å². The van der Waals surface area contributed by atoms with E-state index < -0.39 is 0 Å². The Bertz CT molecular complexity index is 2240. The molecule has 1 amide bonds. The molecule has 254 valence electrons. The lowest BCUT2D eigenvalue weighted by atomic mass is 10.0. The second-order valence-electron chi connectivity index (χ2n) is 12.7. The minimum Gasteiger partial charge on any atom is -0.508 e. The predicted octanol–water partition coefficient (Wildman–Crippen LogP) is 6.14. The lowest BCUT2D eigenvalue weighted by Crippen LogP contribution is -2.36. The number of phenols is 1. The van der Waals surface area contributed by atoms with E-state index in [0.29, 0.717) is 41.4 Å². The Hall–Kier alpha value is -5.39. The maximum atomic E-state index is 13.2. The highest BCUT2D eigenvalue weighted by Gasteiger charge is 2.24. The topological polar surface area (TPSA) is 136 Å². The SMILES string of the molecule is O=C(CCS)Nc1ccc2[nH]c(=O)n(C3CCN(Cc4ccc(-c5nc(Cc6ccc(O)cc6)c(=O)[nH]c5-c5ccccc5)cc4)CC3)c2c1. The van der Waals surface area contributed by atoms with Crippen molar-refractivity contribution < 1.29 is 9.90 Å². The number of aromatic nitrogens is 4. The fourth-order valence-electron chi connectivity index (χ4n) is 6.68. The molecule has 0 spiro atoms. The van der Waals surface area contributed by atoms with Gasteiger partial charge in [-0.25, -0.2) is 9.78 Å². The molecule has 6 aromatic rings. The second-order valence-corrected chi connectivity index (χ2v) is 13.2. The van der Waals surface area contributed by atoms with Crippen molar-refractivity contribution in [2.24, 2.45) is 0 Å². The zero-order valence-corrected chi connectivity index (χ0v) is 28.3. The molecule has 1 fully saturated rings. The van der Waals surface area contributed by atoms with Gasteiger partial charge in [-0.3, -0.25) is 19.1 Å². The van der Waals surface area contributed by atoms with Gasteiger partial charge in [0.25, 0.3) is 5.56 Å². The molecule has 2 aromatic heterocycles. The summed E-state index contributed by atoms with van der Waals surface area (Å²) in [5.41, 5.74) is 7.42. The summed E-state index contributed by atoms with van der Waals surface area (Å²) in [5, 5.41) is 12.6. The summed E-state index contributed by atoms with van der Waals surface area (Å²) in [6.07, 6.45) is 2.31. The highest BCUT2D eigenvalue weighted by molar-refractivity contribution is 7.80. The first-order chi connectivity index (χ1) is 24.3. The monoisotopic (exact) mass is 686 g/mol. The molecule has 0 bridgehead atoms. The van der Waals surface area contributed by atoms with E-state index in [1.165, 1.54) is 0 Å². The Kier molecular flexibility index (Phi) is 9.68. The number of carbonyl (C=O) groups is 1. The number of H-pyrrole nitrogens is 2. The summed E-state index contributed by atoms with van der Waals surface area (Å²) in [6, 6.07) is 30.4. The van der Waals surface area contributed by atoms with E-state index in [0.717, 1.165) is 65.8 Å². The van der Waals surface area contributed by atoms with Gasteiger partial charge in [-0.1, -0.05) is 66.7 Å². The van der Waals surface area contributed by atoms with Crippen LogP contribution in [-0.2, 0) is 17.8 Å². The minimum atomic E-state index is -0.243. The summed E-state index contributed by atoms with van der Waals surface area (Å²) >= 11 is 4.14. The summed E-state index contributed by atoms with van der Waals surface area (Å²) in [5.74, 6) is 0.538. The number of anilines is 1. The van der Waals surface area contributed by atoms with Gasteiger partial charge >= 0.3 is 5.69 Å². The van der Waals surface area contributed by atoms with E-state index in [1.54, 1.807) is 30.3 Å². The number of hydrogen-bond donors (Lipinski definition) is 5. The highest BCUT2D eigenvalue weighted by atomic mass is 32.1. The van der Waals surface area contributed by atoms with Gasteiger partial charge in [-0.05, 0) is 60.1 Å². The van der Waals surface area contributed by atoms with Crippen molar-refractivity contribution in [1.82, 2.24) is 24.4 Å². The summed E-state index contributed by atoms with van der Waals surface area (Å²) < 4.78 is 1.84.